The van der Waals surface area contributed by atoms with Crippen molar-refractivity contribution in [2.75, 3.05) is 0 Å². The zero-order chi connectivity index (χ0) is 19.6. The van der Waals surface area contributed by atoms with E-state index in [1.54, 1.807) is 12.5 Å². The van der Waals surface area contributed by atoms with Crippen LogP contribution in [0.3, 0.4) is 0 Å². The van der Waals surface area contributed by atoms with Crippen molar-refractivity contribution >= 4 is 11.8 Å². The molecule has 0 aromatic rings. The molecule has 4 unspecified atom stereocenters. The summed E-state index contributed by atoms with van der Waals surface area (Å²) in [7, 11) is 0. The summed E-state index contributed by atoms with van der Waals surface area (Å²) in [5, 5.41) is 0. The van der Waals surface area contributed by atoms with E-state index in [4.69, 9.17) is 4.74 Å². The van der Waals surface area contributed by atoms with Crippen LogP contribution in [0.4, 0.5) is 0 Å². The Bertz CT molecular complexity index is 592. The van der Waals surface area contributed by atoms with Crippen molar-refractivity contribution in [3.05, 3.63) is 11.6 Å². The SMILES string of the molecule is CC(=O)C[C@@H]1CCCC2C(CC=C3C[C@@H](OC(C)=O)CCC32C)C(C)CC1. The molecule has 0 aliphatic heterocycles. The highest BCUT2D eigenvalue weighted by Gasteiger charge is 2.48. The number of allylic oxidation sites excluding steroid dienone is 1. The van der Waals surface area contributed by atoms with Gasteiger partial charge in [0, 0.05) is 19.8 Å². The van der Waals surface area contributed by atoms with E-state index >= 15 is 0 Å². The first-order chi connectivity index (χ1) is 12.8. The summed E-state index contributed by atoms with van der Waals surface area (Å²) in [5.74, 6) is 3.02. The topological polar surface area (TPSA) is 43.4 Å². The van der Waals surface area contributed by atoms with Gasteiger partial charge >= 0.3 is 5.97 Å². The lowest BCUT2D eigenvalue weighted by Gasteiger charge is -2.52. The summed E-state index contributed by atoms with van der Waals surface area (Å²) in [6, 6.07) is 0. The van der Waals surface area contributed by atoms with Gasteiger partial charge in [0.15, 0.2) is 0 Å². The van der Waals surface area contributed by atoms with Gasteiger partial charge in [0.2, 0.25) is 0 Å². The molecule has 0 spiro atoms. The maximum absolute atomic E-state index is 11.6. The number of Topliss-reactive ketones (excluding diaryl/α,β-unsaturated/α-hetero) is 1. The molecule has 0 amide bonds. The Kier molecular flexibility index (Phi) is 6.48. The number of ketones is 1. The van der Waals surface area contributed by atoms with E-state index in [-0.39, 0.29) is 17.5 Å². The van der Waals surface area contributed by atoms with Crippen LogP contribution in [0.25, 0.3) is 0 Å². The lowest BCUT2D eigenvalue weighted by molar-refractivity contribution is -0.148. The van der Waals surface area contributed by atoms with Gasteiger partial charge in [0.1, 0.15) is 11.9 Å². The Morgan fingerprint density at radius 2 is 1.93 bits per heavy atom. The van der Waals surface area contributed by atoms with E-state index in [1.807, 2.05) is 0 Å². The maximum Gasteiger partial charge on any atom is 0.302 e. The molecule has 3 heteroatoms. The minimum atomic E-state index is -0.148. The molecule has 0 radical (unpaired) electrons. The van der Waals surface area contributed by atoms with E-state index in [1.165, 1.54) is 45.4 Å². The van der Waals surface area contributed by atoms with E-state index in [9.17, 15) is 9.59 Å². The van der Waals surface area contributed by atoms with Gasteiger partial charge < -0.3 is 9.53 Å². The van der Waals surface area contributed by atoms with E-state index in [2.05, 4.69) is 19.9 Å². The van der Waals surface area contributed by atoms with Gasteiger partial charge in [-0.25, -0.2) is 0 Å². The van der Waals surface area contributed by atoms with Gasteiger partial charge in [-0.15, -0.1) is 0 Å². The second-order valence-electron chi connectivity index (χ2n) is 9.88. The Morgan fingerprint density at radius 1 is 1.15 bits per heavy atom. The smallest absolute Gasteiger partial charge is 0.302 e. The molecule has 3 aliphatic rings. The van der Waals surface area contributed by atoms with Crippen LogP contribution in [-0.4, -0.2) is 17.9 Å². The number of esters is 1. The summed E-state index contributed by atoms with van der Waals surface area (Å²) in [6.07, 6.45) is 13.8. The highest BCUT2D eigenvalue weighted by atomic mass is 16.5. The third-order valence-corrected chi connectivity index (χ3v) is 7.94. The molecule has 6 atom stereocenters. The molecule has 0 aromatic heterocycles. The zero-order valence-corrected chi connectivity index (χ0v) is 17.8. The Hall–Kier alpha value is -1.12. The highest BCUT2D eigenvalue weighted by Crippen LogP contribution is 2.57. The number of carbonyl (C=O) groups is 2. The third-order valence-electron chi connectivity index (χ3n) is 7.94. The summed E-state index contributed by atoms with van der Waals surface area (Å²) >= 11 is 0. The molecule has 3 aliphatic carbocycles. The van der Waals surface area contributed by atoms with E-state index in [0.717, 1.165) is 43.4 Å². The van der Waals surface area contributed by atoms with Gasteiger partial charge in [-0.3, -0.25) is 4.79 Å². The third kappa shape index (κ3) is 4.66. The molecule has 27 heavy (non-hydrogen) atoms. The van der Waals surface area contributed by atoms with Gasteiger partial charge in [-0.05, 0) is 68.1 Å². The number of fused-ring (bicyclic) bond motifs is 3. The van der Waals surface area contributed by atoms with Gasteiger partial charge in [-0.1, -0.05) is 44.8 Å². The number of carbonyl (C=O) groups excluding carboxylic acids is 2. The van der Waals surface area contributed by atoms with Gasteiger partial charge in [0.05, 0.1) is 0 Å². The summed E-state index contributed by atoms with van der Waals surface area (Å²) in [5.41, 5.74) is 1.82. The van der Waals surface area contributed by atoms with Crippen LogP contribution in [0, 0.1) is 29.1 Å². The molecule has 2 saturated carbocycles. The summed E-state index contributed by atoms with van der Waals surface area (Å²) in [6.45, 7) is 8.20. The minimum absolute atomic E-state index is 0.0760. The normalized spacial score (nSPS) is 39.7. The van der Waals surface area contributed by atoms with Gasteiger partial charge in [0.25, 0.3) is 0 Å². The molecule has 3 rings (SSSR count). The molecule has 3 nitrogen and oxygen atoms in total. The standard InChI is InChI=1S/C24H38O3/c1-16-8-9-19(14-17(2)25)6-5-7-23-22(16)11-10-20-15-21(27-18(3)26)12-13-24(20,23)4/h10,16,19,21-23H,5-9,11-15H2,1-4H3/t16?,19-,21+,22?,23?,24?/m1/s1. The van der Waals surface area contributed by atoms with Crippen molar-refractivity contribution in [1.29, 1.82) is 0 Å². The monoisotopic (exact) mass is 374 g/mol. The fourth-order valence-corrected chi connectivity index (χ4v) is 6.45. The Labute approximate surface area is 165 Å². The molecule has 0 heterocycles. The lowest BCUT2D eigenvalue weighted by Crippen LogP contribution is -2.44. The number of rotatable bonds is 3. The quantitative estimate of drug-likeness (QED) is 0.458. The predicted octanol–water partition coefficient (Wildman–Crippen LogP) is 5.87. The van der Waals surface area contributed by atoms with Crippen molar-refractivity contribution in [2.45, 2.75) is 98.0 Å². The van der Waals surface area contributed by atoms with Crippen LogP contribution < -0.4 is 0 Å². The highest BCUT2D eigenvalue weighted by molar-refractivity contribution is 5.75. The molecular weight excluding hydrogens is 336 g/mol. The Morgan fingerprint density at radius 3 is 2.63 bits per heavy atom. The molecule has 0 N–H and O–H groups in total. The maximum atomic E-state index is 11.6. The Balaban J connectivity index is 1.75. The van der Waals surface area contributed by atoms with E-state index < -0.39 is 0 Å². The minimum Gasteiger partial charge on any atom is -0.462 e. The van der Waals surface area contributed by atoms with Gasteiger partial charge in [-0.2, -0.15) is 0 Å². The van der Waals surface area contributed by atoms with Crippen LogP contribution in [0.5, 0.6) is 0 Å². The first-order valence-electron chi connectivity index (χ1n) is 11.2. The molecule has 2 fully saturated rings. The molecular formula is C24H38O3. The molecule has 0 saturated heterocycles. The largest absolute Gasteiger partial charge is 0.462 e. The lowest BCUT2D eigenvalue weighted by atomic mass is 9.54. The molecule has 0 bridgehead atoms. The van der Waals surface area contributed by atoms with Crippen molar-refractivity contribution in [3.63, 3.8) is 0 Å². The molecule has 0 aromatic carbocycles. The zero-order valence-electron chi connectivity index (χ0n) is 17.8. The fourth-order valence-electron chi connectivity index (χ4n) is 6.45. The van der Waals surface area contributed by atoms with Crippen LogP contribution >= 0.6 is 0 Å². The van der Waals surface area contributed by atoms with E-state index in [0.29, 0.717) is 11.7 Å². The number of hydrogen-bond donors (Lipinski definition) is 0. The summed E-state index contributed by atoms with van der Waals surface area (Å²) < 4.78 is 5.55. The van der Waals surface area contributed by atoms with Crippen molar-refractivity contribution in [2.24, 2.45) is 29.1 Å². The van der Waals surface area contributed by atoms with Crippen LogP contribution in [0.2, 0.25) is 0 Å². The number of hydrogen-bond acceptors (Lipinski definition) is 3. The first kappa shape index (κ1) is 20.6. The average molecular weight is 375 g/mol. The van der Waals surface area contributed by atoms with Crippen LogP contribution in [0.15, 0.2) is 11.6 Å². The molecule has 152 valence electrons. The second kappa shape index (κ2) is 8.49. The predicted molar refractivity (Wildman–Crippen MR) is 108 cm³/mol. The van der Waals surface area contributed by atoms with Crippen LogP contribution in [0.1, 0.15) is 91.9 Å². The van der Waals surface area contributed by atoms with Crippen molar-refractivity contribution < 1.29 is 14.3 Å². The summed E-state index contributed by atoms with van der Waals surface area (Å²) in [4.78, 5) is 23.0. The number of ether oxygens (including phenoxy) is 1. The fraction of sp³-hybridized carbons (Fsp3) is 0.833. The average Bonchev–Trinajstić information content (AvgIpc) is 2.65. The van der Waals surface area contributed by atoms with Crippen molar-refractivity contribution in [1.82, 2.24) is 0 Å². The van der Waals surface area contributed by atoms with Crippen molar-refractivity contribution in [3.8, 4) is 0 Å². The van der Waals surface area contributed by atoms with Crippen LogP contribution in [-0.2, 0) is 14.3 Å². The first-order valence-corrected chi connectivity index (χ1v) is 11.2. The second-order valence-corrected chi connectivity index (χ2v) is 9.88.